The van der Waals surface area contributed by atoms with Gasteiger partial charge in [-0.3, -0.25) is 4.79 Å². The number of aromatic nitrogens is 2. The van der Waals surface area contributed by atoms with Crippen molar-refractivity contribution in [3.05, 3.63) is 41.9 Å². The van der Waals surface area contributed by atoms with Crippen LogP contribution in [0.25, 0.3) is 0 Å². The highest BCUT2D eigenvalue weighted by Gasteiger charge is 2.08. The SMILES string of the molecule is COc1ccc(Cl)cc1NC(=O)CCn1ccnc1. The Morgan fingerprint density at radius 3 is 3.05 bits per heavy atom. The maximum absolute atomic E-state index is 11.8. The molecule has 0 unspecified atom stereocenters. The molecule has 19 heavy (non-hydrogen) atoms. The van der Waals surface area contributed by atoms with E-state index in [1.165, 1.54) is 0 Å². The number of ether oxygens (including phenoxy) is 1. The van der Waals surface area contributed by atoms with Crippen molar-refractivity contribution in [1.29, 1.82) is 0 Å². The van der Waals surface area contributed by atoms with Gasteiger partial charge < -0.3 is 14.6 Å². The number of nitrogens with one attached hydrogen (secondary N) is 1. The van der Waals surface area contributed by atoms with Crippen LogP contribution >= 0.6 is 11.6 Å². The van der Waals surface area contributed by atoms with Crippen LogP contribution in [0.4, 0.5) is 5.69 Å². The van der Waals surface area contributed by atoms with E-state index >= 15 is 0 Å². The van der Waals surface area contributed by atoms with Crippen LogP contribution in [-0.4, -0.2) is 22.6 Å². The van der Waals surface area contributed by atoms with Gasteiger partial charge in [-0.15, -0.1) is 0 Å². The fourth-order valence-corrected chi connectivity index (χ4v) is 1.81. The molecule has 0 aliphatic carbocycles. The van der Waals surface area contributed by atoms with Crippen molar-refractivity contribution in [2.45, 2.75) is 13.0 Å². The quantitative estimate of drug-likeness (QED) is 0.915. The van der Waals surface area contributed by atoms with Gasteiger partial charge in [0.05, 0.1) is 19.1 Å². The maximum atomic E-state index is 11.8. The molecule has 1 aromatic carbocycles. The molecule has 1 amide bonds. The van der Waals surface area contributed by atoms with Gasteiger partial charge >= 0.3 is 0 Å². The second-order valence-electron chi connectivity index (χ2n) is 3.94. The highest BCUT2D eigenvalue weighted by Crippen LogP contribution is 2.27. The molecule has 1 aromatic heterocycles. The summed E-state index contributed by atoms with van der Waals surface area (Å²) >= 11 is 5.90. The second-order valence-corrected chi connectivity index (χ2v) is 4.38. The molecule has 5 nitrogen and oxygen atoms in total. The summed E-state index contributed by atoms with van der Waals surface area (Å²) in [6, 6.07) is 5.09. The van der Waals surface area contributed by atoms with Crippen molar-refractivity contribution in [3.8, 4) is 5.75 Å². The van der Waals surface area contributed by atoms with E-state index in [-0.39, 0.29) is 5.91 Å². The van der Waals surface area contributed by atoms with E-state index in [9.17, 15) is 4.79 Å². The summed E-state index contributed by atoms with van der Waals surface area (Å²) in [5.74, 6) is 0.481. The lowest BCUT2D eigenvalue weighted by molar-refractivity contribution is -0.116. The number of halogens is 1. The molecule has 0 aliphatic rings. The summed E-state index contributed by atoms with van der Waals surface area (Å²) in [5, 5.41) is 3.33. The fourth-order valence-electron chi connectivity index (χ4n) is 1.64. The minimum absolute atomic E-state index is 0.103. The predicted molar refractivity (Wildman–Crippen MR) is 73.5 cm³/mol. The molecular weight excluding hydrogens is 266 g/mol. The van der Waals surface area contributed by atoms with Crippen LogP contribution in [0.15, 0.2) is 36.9 Å². The Balaban J connectivity index is 1.96. The minimum Gasteiger partial charge on any atom is -0.495 e. The Kier molecular flexibility index (Phi) is 4.41. The van der Waals surface area contributed by atoms with Crippen LogP contribution in [0.5, 0.6) is 5.75 Å². The van der Waals surface area contributed by atoms with Crippen molar-refractivity contribution in [2.24, 2.45) is 0 Å². The minimum atomic E-state index is -0.103. The number of methoxy groups -OCH3 is 1. The Morgan fingerprint density at radius 2 is 2.37 bits per heavy atom. The molecule has 0 saturated heterocycles. The lowest BCUT2D eigenvalue weighted by Crippen LogP contribution is -2.14. The van der Waals surface area contributed by atoms with Gasteiger partial charge in [0.25, 0.3) is 0 Å². The molecule has 100 valence electrons. The van der Waals surface area contributed by atoms with Crippen LogP contribution in [0, 0.1) is 0 Å². The number of hydrogen-bond donors (Lipinski definition) is 1. The lowest BCUT2D eigenvalue weighted by Gasteiger charge is -2.10. The first-order chi connectivity index (χ1) is 9.19. The third-order valence-corrected chi connectivity index (χ3v) is 2.83. The summed E-state index contributed by atoms with van der Waals surface area (Å²) in [5.41, 5.74) is 0.575. The predicted octanol–water partition coefficient (Wildman–Crippen LogP) is 2.57. The smallest absolute Gasteiger partial charge is 0.226 e. The molecule has 0 radical (unpaired) electrons. The van der Waals surface area contributed by atoms with E-state index in [2.05, 4.69) is 10.3 Å². The van der Waals surface area contributed by atoms with Gasteiger partial charge in [0.1, 0.15) is 5.75 Å². The molecule has 0 aliphatic heterocycles. The first-order valence-electron chi connectivity index (χ1n) is 5.78. The number of rotatable bonds is 5. The monoisotopic (exact) mass is 279 g/mol. The average Bonchev–Trinajstić information content (AvgIpc) is 2.90. The van der Waals surface area contributed by atoms with E-state index in [0.717, 1.165) is 0 Å². The van der Waals surface area contributed by atoms with Crippen LogP contribution in [0.3, 0.4) is 0 Å². The topological polar surface area (TPSA) is 56.1 Å². The van der Waals surface area contributed by atoms with E-state index in [4.69, 9.17) is 16.3 Å². The number of imidazole rings is 1. The number of hydrogen-bond acceptors (Lipinski definition) is 3. The van der Waals surface area contributed by atoms with Gasteiger partial charge in [-0.1, -0.05) is 11.6 Å². The van der Waals surface area contributed by atoms with Gasteiger partial charge in [0.2, 0.25) is 5.91 Å². The normalized spacial score (nSPS) is 10.2. The highest BCUT2D eigenvalue weighted by molar-refractivity contribution is 6.31. The zero-order chi connectivity index (χ0) is 13.7. The van der Waals surface area contributed by atoms with E-state index < -0.39 is 0 Å². The Labute approximate surface area is 116 Å². The Hall–Kier alpha value is -2.01. The van der Waals surface area contributed by atoms with Crippen molar-refractivity contribution in [3.63, 3.8) is 0 Å². The average molecular weight is 280 g/mol. The van der Waals surface area contributed by atoms with E-state index in [1.54, 1.807) is 37.8 Å². The number of benzene rings is 1. The fraction of sp³-hybridized carbons (Fsp3) is 0.231. The summed E-state index contributed by atoms with van der Waals surface area (Å²) in [7, 11) is 1.55. The van der Waals surface area contributed by atoms with Crippen LogP contribution in [-0.2, 0) is 11.3 Å². The molecule has 1 heterocycles. The molecule has 2 rings (SSSR count). The van der Waals surface area contributed by atoms with Gasteiger partial charge in [0.15, 0.2) is 0 Å². The van der Waals surface area contributed by atoms with Crippen molar-refractivity contribution in [1.82, 2.24) is 9.55 Å². The second kappa shape index (κ2) is 6.24. The first-order valence-corrected chi connectivity index (χ1v) is 6.16. The third-order valence-electron chi connectivity index (χ3n) is 2.59. The molecule has 0 saturated carbocycles. The van der Waals surface area contributed by atoms with E-state index in [1.807, 2.05) is 10.8 Å². The molecule has 1 N–H and O–H groups in total. The Morgan fingerprint density at radius 1 is 1.53 bits per heavy atom. The summed E-state index contributed by atoms with van der Waals surface area (Å²) in [6.07, 6.45) is 5.52. The molecule has 0 bridgehead atoms. The molecule has 0 atom stereocenters. The summed E-state index contributed by atoms with van der Waals surface area (Å²) < 4.78 is 7.01. The molecule has 6 heteroatoms. The molecule has 0 spiro atoms. The summed E-state index contributed by atoms with van der Waals surface area (Å²) in [6.45, 7) is 0.578. The van der Waals surface area contributed by atoms with Crippen LogP contribution < -0.4 is 10.1 Å². The maximum Gasteiger partial charge on any atom is 0.226 e. The molecule has 2 aromatic rings. The summed E-state index contributed by atoms with van der Waals surface area (Å²) in [4.78, 5) is 15.8. The van der Waals surface area contributed by atoms with E-state index in [0.29, 0.717) is 29.4 Å². The van der Waals surface area contributed by atoms with Crippen molar-refractivity contribution >= 4 is 23.2 Å². The van der Waals surface area contributed by atoms with Crippen LogP contribution in [0.1, 0.15) is 6.42 Å². The Bertz CT molecular complexity index is 555. The largest absolute Gasteiger partial charge is 0.495 e. The van der Waals surface area contributed by atoms with Gasteiger partial charge in [0, 0.05) is 30.4 Å². The third kappa shape index (κ3) is 3.72. The van der Waals surface area contributed by atoms with Crippen LogP contribution in [0.2, 0.25) is 5.02 Å². The van der Waals surface area contributed by atoms with Crippen molar-refractivity contribution < 1.29 is 9.53 Å². The zero-order valence-corrected chi connectivity index (χ0v) is 11.2. The number of carbonyl (C=O) groups is 1. The van der Waals surface area contributed by atoms with Gasteiger partial charge in [-0.25, -0.2) is 4.98 Å². The number of amides is 1. The number of carbonyl (C=O) groups excluding carboxylic acids is 1. The highest BCUT2D eigenvalue weighted by atomic mass is 35.5. The number of nitrogens with zero attached hydrogens (tertiary/aromatic N) is 2. The van der Waals surface area contributed by atoms with Gasteiger partial charge in [-0.05, 0) is 18.2 Å². The van der Waals surface area contributed by atoms with Gasteiger partial charge in [-0.2, -0.15) is 0 Å². The molecule has 0 fully saturated rings. The standard InChI is InChI=1S/C13H14ClN3O2/c1-19-12-3-2-10(14)8-11(12)16-13(18)4-6-17-7-5-15-9-17/h2-3,5,7-9H,4,6H2,1H3,(H,16,18). The molecular formula is C13H14ClN3O2. The first kappa shape index (κ1) is 13.4. The lowest BCUT2D eigenvalue weighted by atomic mass is 10.2. The number of anilines is 1. The van der Waals surface area contributed by atoms with Crippen molar-refractivity contribution in [2.75, 3.05) is 12.4 Å². The number of aryl methyl sites for hydroxylation is 1. The zero-order valence-electron chi connectivity index (χ0n) is 10.5.